The van der Waals surface area contributed by atoms with Crippen molar-refractivity contribution in [3.8, 4) is 0 Å². The summed E-state index contributed by atoms with van der Waals surface area (Å²) in [6, 6.07) is 9.96. The third-order valence-corrected chi connectivity index (χ3v) is 6.99. The van der Waals surface area contributed by atoms with Crippen LogP contribution >= 0.6 is 22.6 Å². The van der Waals surface area contributed by atoms with Crippen LogP contribution in [0.4, 0.5) is 23.0 Å². The Kier molecular flexibility index (Phi) is 7.28. The number of nitrogens with zero attached hydrogens (tertiary/aromatic N) is 5. The lowest BCUT2D eigenvalue weighted by Crippen LogP contribution is -2.33. The molecule has 0 bridgehead atoms. The molecule has 0 unspecified atom stereocenters. The molecule has 4 aromatic rings. The molecule has 1 aliphatic carbocycles. The van der Waals surface area contributed by atoms with Gasteiger partial charge in [0.1, 0.15) is 11.6 Å². The smallest absolute Gasteiger partial charge is 0.276 e. The Morgan fingerprint density at radius 3 is 2.67 bits per heavy atom. The second-order valence-corrected chi connectivity index (χ2v) is 9.81. The number of carbonyl (C=O) groups excluding carboxylic acids is 1. The maximum Gasteiger partial charge on any atom is 0.276 e. The molecule has 1 saturated carbocycles. The quantitative estimate of drug-likeness (QED) is 0.182. The normalized spacial score (nSPS) is 17.6. The molecule has 1 amide bonds. The van der Waals surface area contributed by atoms with Crippen LogP contribution in [0.5, 0.6) is 0 Å². The molecule has 0 radical (unpaired) electrons. The molecule has 1 aliphatic rings. The van der Waals surface area contributed by atoms with Crippen LogP contribution in [0.1, 0.15) is 47.4 Å². The maximum absolute atomic E-state index is 13.2. The first-order chi connectivity index (χ1) is 17.5. The second-order valence-electron chi connectivity index (χ2n) is 9.05. The average Bonchev–Trinajstić information content (AvgIpc) is 3.31. The molecular weight excluding hydrogens is 569 g/mol. The van der Waals surface area contributed by atoms with Crippen molar-refractivity contribution < 1.29 is 4.79 Å². The van der Waals surface area contributed by atoms with E-state index in [0.717, 1.165) is 41.4 Å². The summed E-state index contributed by atoms with van der Waals surface area (Å²) < 4.78 is 2.32. The molecule has 10 nitrogen and oxygen atoms in total. The monoisotopic (exact) mass is 597 g/mol. The van der Waals surface area contributed by atoms with Crippen LogP contribution in [0.15, 0.2) is 48.9 Å². The number of amides is 1. The molecule has 4 aromatic heterocycles. The number of nitrogens with one attached hydrogen (secondary N) is 3. The highest BCUT2D eigenvalue weighted by Crippen LogP contribution is 2.26. The van der Waals surface area contributed by atoms with Gasteiger partial charge >= 0.3 is 0 Å². The van der Waals surface area contributed by atoms with E-state index in [0.29, 0.717) is 34.4 Å². The van der Waals surface area contributed by atoms with Crippen molar-refractivity contribution in [3.05, 3.63) is 65.9 Å². The minimum absolute atomic E-state index is 0.258. The highest BCUT2D eigenvalue weighted by molar-refractivity contribution is 14.1. The molecule has 186 valence electrons. The van der Waals surface area contributed by atoms with E-state index in [9.17, 15) is 4.79 Å². The Balaban J connectivity index is 1.48. The van der Waals surface area contributed by atoms with Crippen LogP contribution in [0, 0.1) is 6.92 Å². The summed E-state index contributed by atoms with van der Waals surface area (Å²) in [6.07, 6.45) is 8.92. The van der Waals surface area contributed by atoms with Crippen LogP contribution in [0.2, 0.25) is 0 Å². The van der Waals surface area contributed by atoms with Crippen LogP contribution in [-0.2, 0) is 4.43 Å². The van der Waals surface area contributed by atoms with E-state index in [1.165, 1.54) is 6.20 Å². The van der Waals surface area contributed by atoms with Gasteiger partial charge in [-0.2, -0.15) is 0 Å². The highest BCUT2D eigenvalue weighted by Gasteiger charge is 2.21. The largest absolute Gasteiger partial charge is 0.366 e. The number of fused-ring (bicyclic) bond motifs is 1. The number of hydrogen-bond donors (Lipinski definition) is 4. The van der Waals surface area contributed by atoms with Gasteiger partial charge in [-0.1, -0.05) is 28.7 Å². The molecule has 4 heterocycles. The minimum Gasteiger partial charge on any atom is -0.366 e. The molecule has 1 fully saturated rings. The van der Waals surface area contributed by atoms with E-state index in [-0.39, 0.29) is 18.0 Å². The van der Waals surface area contributed by atoms with E-state index in [1.807, 2.05) is 31.2 Å². The summed E-state index contributed by atoms with van der Waals surface area (Å²) in [5.74, 6) is 1.03. The zero-order chi connectivity index (χ0) is 25.1. The predicted molar refractivity (Wildman–Crippen MR) is 149 cm³/mol. The molecule has 0 saturated heterocycles. The van der Waals surface area contributed by atoms with Gasteiger partial charge in [-0.15, -0.1) is 5.10 Å². The summed E-state index contributed by atoms with van der Waals surface area (Å²) in [5, 5.41) is 14.6. The lowest BCUT2D eigenvalue weighted by atomic mass is 9.92. The zero-order valence-corrected chi connectivity index (χ0v) is 22.1. The topological polar surface area (TPSA) is 135 Å². The van der Waals surface area contributed by atoms with Crippen molar-refractivity contribution in [1.82, 2.24) is 24.6 Å². The first kappa shape index (κ1) is 24.4. The van der Waals surface area contributed by atoms with Crippen molar-refractivity contribution in [2.75, 3.05) is 16.0 Å². The van der Waals surface area contributed by atoms with Crippen LogP contribution in [0.25, 0.3) is 5.65 Å². The van der Waals surface area contributed by atoms with Gasteiger partial charge in [0, 0.05) is 40.7 Å². The van der Waals surface area contributed by atoms with E-state index in [4.69, 9.17) is 10.8 Å². The predicted octanol–water partition coefficient (Wildman–Crippen LogP) is 4.44. The zero-order valence-electron chi connectivity index (χ0n) is 19.9. The third kappa shape index (κ3) is 5.57. The Labute approximate surface area is 222 Å². The van der Waals surface area contributed by atoms with Crippen LogP contribution in [0.3, 0.4) is 0 Å². The summed E-state index contributed by atoms with van der Waals surface area (Å²) in [7, 11) is 0. The average molecular weight is 597 g/mol. The van der Waals surface area contributed by atoms with Gasteiger partial charge in [-0.05, 0) is 56.4 Å². The van der Waals surface area contributed by atoms with Crippen molar-refractivity contribution in [2.24, 2.45) is 5.73 Å². The number of anilines is 4. The summed E-state index contributed by atoms with van der Waals surface area (Å²) in [5.41, 5.74) is 10.3. The molecule has 5 rings (SSSR count). The minimum atomic E-state index is -0.305. The van der Waals surface area contributed by atoms with Gasteiger partial charge < -0.3 is 21.7 Å². The molecule has 0 atom stereocenters. The van der Waals surface area contributed by atoms with E-state index in [1.54, 1.807) is 23.0 Å². The summed E-state index contributed by atoms with van der Waals surface area (Å²) in [6.45, 7) is 1.99. The van der Waals surface area contributed by atoms with Crippen molar-refractivity contribution in [3.63, 3.8) is 0 Å². The van der Waals surface area contributed by atoms with E-state index < -0.39 is 0 Å². The molecule has 5 N–H and O–H groups in total. The molecular formula is C25H28IN9O. The van der Waals surface area contributed by atoms with Gasteiger partial charge in [0.15, 0.2) is 11.3 Å². The number of hydrogen-bond acceptors (Lipinski definition) is 8. The number of aromatic nitrogens is 5. The lowest BCUT2D eigenvalue weighted by molar-refractivity contribution is 0.102. The Morgan fingerprint density at radius 1 is 1.08 bits per heavy atom. The molecule has 0 aliphatic heterocycles. The van der Waals surface area contributed by atoms with Crippen molar-refractivity contribution >= 4 is 57.2 Å². The maximum atomic E-state index is 13.2. The number of halogens is 1. The number of rotatable bonds is 7. The Morgan fingerprint density at radius 2 is 1.92 bits per heavy atom. The number of imidazole rings is 1. The SMILES string of the molecule is Cc1ccc(Nc2cc(N[C@H]3CC[C@H](N)CC3)nn3c(C(=O)Nc4ccnc(CI)c4)cnc23)nc1. The molecule has 36 heavy (non-hydrogen) atoms. The Hall–Kier alpha value is -3.32. The van der Waals surface area contributed by atoms with Crippen LogP contribution < -0.4 is 21.7 Å². The first-order valence-electron chi connectivity index (χ1n) is 11.9. The first-order valence-corrected chi connectivity index (χ1v) is 13.4. The van der Waals surface area contributed by atoms with Crippen molar-refractivity contribution in [1.29, 1.82) is 0 Å². The highest BCUT2D eigenvalue weighted by atomic mass is 127. The second kappa shape index (κ2) is 10.7. The number of nitrogens with two attached hydrogens (primary N) is 1. The number of pyridine rings is 2. The molecule has 0 spiro atoms. The fraction of sp³-hybridized carbons (Fsp3) is 0.320. The van der Waals surface area contributed by atoms with Crippen LogP contribution in [-0.4, -0.2) is 42.6 Å². The molecule has 0 aromatic carbocycles. The fourth-order valence-electron chi connectivity index (χ4n) is 4.26. The van der Waals surface area contributed by atoms with E-state index in [2.05, 4.69) is 53.5 Å². The van der Waals surface area contributed by atoms with Gasteiger partial charge in [0.05, 0.1) is 17.6 Å². The van der Waals surface area contributed by atoms with E-state index >= 15 is 0 Å². The Bertz CT molecular complexity index is 1360. The summed E-state index contributed by atoms with van der Waals surface area (Å²) in [4.78, 5) is 26.5. The summed E-state index contributed by atoms with van der Waals surface area (Å²) >= 11 is 2.24. The number of aryl methyl sites for hydroxylation is 1. The van der Waals surface area contributed by atoms with Gasteiger partial charge in [0.2, 0.25) is 0 Å². The van der Waals surface area contributed by atoms with Crippen molar-refractivity contribution in [2.45, 2.75) is 49.1 Å². The standard InChI is InChI=1S/C25H28IN9O/c1-15-2-7-22(29-13-15)33-20-11-23(31-17-5-3-16(27)4-6-17)34-35-21(14-30-24(20)35)25(36)32-18-8-9-28-19(10-18)12-26/h2,7-11,13-14,16-17H,3-6,12,27H2,1H3,(H,29,33)(H,31,34)(H,28,32,36)/t16-,17-. The molecule has 11 heteroatoms. The third-order valence-electron chi connectivity index (χ3n) is 6.21. The van der Waals surface area contributed by atoms with Gasteiger partial charge in [-0.25, -0.2) is 14.5 Å². The van der Waals surface area contributed by atoms with Gasteiger partial charge in [0.25, 0.3) is 5.91 Å². The lowest BCUT2D eigenvalue weighted by Gasteiger charge is -2.27. The number of alkyl halides is 1. The number of carbonyl (C=O) groups is 1. The fourth-order valence-corrected chi connectivity index (χ4v) is 4.68. The van der Waals surface area contributed by atoms with Gasteiger partial charge in [-0.3, -0.25) is 9.78 Å².